The number of benzene rings is 1. The molecule has 0 radical (unpaired) electrons. The molecule has 1 aromatic rings. The number of anilines is 1. The van der Waals surface area contributed by atoms with Gasteiger partial charge in [0.2, 0.25) is 0 Å². The molecule has 0 amide bonds. The first-order chi connectivity index (χ1) is 9.61. The highest BCUT2D eigenvalue weighted by molar-refractivity contribution is 7.80. The van der Waals surface area contributed by atoms with Crippen LogP contribution in [0.15, 0.2) is 18.2 Å². The van der Waals surface area contributed by atoms with E-state index in [1.807, 2.05) is 6.07 Å². The summed E-state index contributed by atoms with van der Waals surface area (Å²) in [7, 11) is 0. The van der Waals surface area contributed by atoms with Crippen LogP contribution in [-0.2, 0) is 0 Å². The fraction of sp³-hybridized carbons (Fsp3) is 0.562. The van der Waals surface area contributed by atoms with Crippen molar-refractivity contribution in [2.45, 2.75) is 39.0 Å². The lowest BCUT2D eigenvalue weighted by molar-refractivity contribution is 0.435. The molecule has 2 nitrogen and oxygen atoms in total. The highest BCUT2D eigenvalue weighted by Gasteiger charge is 2.19. The number of hydrogen-bond donors (Lipinski definition) is 1. The molecule has 0 saturated carbocycles. The molecule has 1 aromatic carbocycles. The minimum atomic E-state index is -0.282. The Hall–Kier alpha value is -1.16. The van der Waals surface area contributed by atoms with E-state index in [0.29, 0.717) is 5.56 Å². The number of nitrogens with two attached hydrogens (primary N) is 1. The molecule has 1 unspecified atom stereocenters. The van der Waals surface area contributed by atoms with Gasteiger partial charge in [0.25, 0.3) is 0 Å². The predicted molar refractivity (Wildman–Crippen MR) is 86.7 cm³/mol. The van der Waals surface area contributed by atoms with Crippen LogP contribution in [0.3, 0.4) is 0 Å². The van der Waals surface area contributed by atoms with Crippen molar-refractivity contribution < 1.29 is 4.39 Å². The van der Waals surface area contributed by atoms with Crippen LogP contribution in [-0.4, -0.2) is 18.1 Å². The van der Waals surface area contributed by atoms with Crippen molar-refractivity contribution >= 4 is 22.9 Å². The van der Waals surface area contributed by atoms with Crippen LogP contribution in [0.25, 0.3) is 0 Å². The van der Waals surface area contributed by atoms with E-state index in [4.69, 9.17) is 18.0 Å². The third-order valence-corrected chi connectivity index (χ3v) is 4.33. The molecule has 20 heavy (non-hydrogen) atoms. The van der Waals surface area contributed by atoms with Crippen molar-refractivity contribution in [2.24, 2.45) is 11.7 Å². The van der Waals surface area contributed by atoms with Crippen molar-refractivity contribution in [2.75, 3.05) is 18.0 Å². The summed E-state index contributed by atoms with van der Waals surface area (Å²) in [5, 5.41) is 0. The van der Waals surface area contributed by atoms with Crippen LogP contribution in [0.1, 0.15) is 44.6 Å². The molecule has 2 rings (SSSR count). The van der Waals surface area contributed by atoms with E-state index in [-0.39, 0.29) is 10.8 Å². The fourth-order valence-corrected chi connectivity index (χ4v) is 3.25. The van der Waals surface area contributed by atoms with Gasteiger partial charge in [0, 0.05) is 24.3 Å². The van der Waals surface area contributed by atoms with Crippen molar-refractivity contribution in [3.05, 3.63) is 29.6 Å². The van der Waals surface area contributed by atoms with Crippen molar-refractivity contribution in [1.82, 2.24) is 0 Å². The molecule has 0 spiro atoms. The van der Waals surface area contributed by atoms with Crippen LogP contribution in [0.2, 0.25) is 0 Å². The Morgan fingerprint density at radius 3 is 2.90 bits per heavy atom. The van der Waals surface area contributed by atoms with Crippen LogP contribution < -0.4 is 10.6 Å². The second-order valence-electron chi connectivity index (χ2n) is 5.60. The lowest BCUT2D eigenvalue weighted by Gasteiger charge is -2.25. The molecular weight excluding hydrogens is 271 g/mol. The van der Waals surface area contributed by atoms with Gasteiger partial charge in [-0.1, -0.05) is 32.0 Å². The summed E-state index contributed by atoms with van der Waals surface area (Å²) in [6.07, 6.45) is 6.22. The van der Waals surface area contributed by atoms with E-state index in [0.717, 1.165) is 24.7 Å². The maximum atomic E-state index is 13.4. The van der Waals surface area contributed by atoms with Gasteiger partial charge in [-0.2, -0.15) is 0 Å². The van der Waals surface area contributed by atoms with E-state index in [1.54, 1.807) is 0 Å². The van der Waals surface area contributed by atoms with E-state index < -0.39 is 0 Å². The molecular formula is C16H23FN2S. The van der Waals surface area contributed by atoms with Crippen molar-refractivity contribution in [3.63, 3.8) is 0 Å². The zero-order valence-electron chi connectivity index (χ0n) is 12.1. The molecule has 0 aromatic heterocycles. The van der Waals surface area contributed by atoms with E-state index >= 15 is 0 Å². The summed E-state index contributed by atoms with van der Waals surface area (Å²) in [6, 6.07) is 4.75. The Morgan fingerprint density at radius 1 is 1.40 bits per heavy atom. The first kappa shape index (κ1) is 15.2. The molecule has 110 valence electrons. The van der Waals surface area contributed by atoms with Gasteiger partial charge in [0.15, 0.2) is 0 Å². The molecule has 1 fully saturated rings. The summed E-state index contributed by atoms with van der Waals surface area (Å²) in [6.45, 7) is 4.25. The van der Waals surface area contributed by atoms with E-state index in [2.05, 4.69) is 11.8 Å². The minimum Gasteiger partial charge on any atom is -0.389 e. The monoisotopic (exact) mass is 294 g/mol. The smallest absolute Gasteiger partial charge is 0.124 e. The van der Waals surface area contributed by atoms with Crippen LogP contribution >= 0.6 is 12.2 Å². The van der Waals surface area contributed by atoms with E-state index in [9.17, 15) is 4.39 Å². The number of thiocarbonyl (C=S) groups is 1. The summed E-state index contributed by atoms with van der Waals surface area (Å²) in [5.74, 6) is 0.536. The summed E-state index contributed by atoms with van der Waals surface area (Å²) < 4.78 is 13.4. The molecule has 2 N–H and O–H groups in total. The molecule has 1 aliphatic rings. The molecule has 0 bridgehead atoms. The van der Waals surface area contributed by atoms with Crippen LogP contribution in [0, 0.1) is 11.7 Å². The predicted octanol–water partition coefficient (Wildman–Crippen LogP) is 3.87. The highest BCUT2D eigenvalue weighted by Crippen LogP contribution is 2.28. The normalized spacial score (nSPS) is 19.7. The average molecular weight is 294 g/mol. The molecule has 1 aliphatic heterocycles. The van der Waals surface area contributed by atoms with Crippen molar-refractivity contribution in [3.8, 4) is 0 Å². The minimum absolute atomic E-state index is 0.272. The Balaban J connectivity index is 2.17. The molecule has 1 saturated heterocycles. The second-order valence-corrected chi connectivity index (χ2v) is 6.04. The van der Waals surface area contributed by atoms with Gasteiger partial charge in [-0.15, -0.1) is 0 Å². The summed E-state index contributed by atoms with van der Waals surface area (Å²) in [5.41, 5.74) is 7.39. The SMILES string of the molecule is CCCC1CCCN(c2ccc(F)cc2C(N)=S)CC1. The van der Waals surface area contributed by atoms with Crippen LogP contribution in [0.5, 0.6) is 0 Å². The number of nitrogens with zero attached hydrogens (tertiary/aromatic N) is 1. The van der Waals surface area contributed by atoms with Gasteiger partial charge in [-0.25, -0.2) is 4.39 Å². The quantitative estimate of drug-likeness (QED) is 0.855. The van der Waals surface area contributed by atoms with Gasteiger partial charge in [-0.3, -0.25) is 0 Å². The summed E-state index contributed by atoms with van der Waals surface area (Å²) >= 11 is 5.06. The van der Waals surface area contributed by atoms with Crippen LogP contribution in [0.4, 0.5) is 10.1 Å². The summed E-state index contributed by atoms with van der Waals surface area (Å²) in [4.78, 5) is 2.58. The van der Waals surface area contributed by atoms with Gasteiger partial charge >= 0.3 is 0 Å². The Morgan fingerprint density at radius 2 is 2.20 bits per heavy atom. The topological polar surface area (TPSA) is 29.3 Å². The standard InChI is InChI=1S/C16H23FN2S/c1-2-4-12-5-3-9-19(10-8-12)15-7-6-13(17)11-14(15)16(18)20/h6-7,11-12H,2-5,8-10H2,1H3,(H2,18,20). The van der Waals surface area contributed by atoms with Crippen molar-refractivity contribution in [1.29, 1.82) is 0 Å². The second kappa shape index (κ2) is 7.02. The zero-order chi connectivity index (χ0) is 14.5. The first-order valence-corrected chi connectivity index (χ1v) is 7.87. The largest absolute Gasteiger partial charge is 0.389 e. The number of hydrogen-bond acceptors (Lipinski definition) is 2. The number of rotatable bonds is 4. The Labute approximate surface area is 126 Å². The number of halogens is 1. The average Bonchev–Trinajstić information content (AvgIpc) is 2.65. The molecule has 4 heteroatoms. The first-order valence-electron chi connectivity index (χ1n) is 7.46. The third-order valence-electron chi connectivity index (χ3n) is 4.11. The lowest BCUT2D eigenvalue weighted by atomic mass is 9.96. The zero-order valence-corrected chi connectivity index (χ0v) is 12.9. The Kier molecular flexibility index (Phi) is 5.35. The van der Waals surface area contributed by atoms with E-state index in [1.165, 1.54) is 44.2 Å². The molecule has 0 aliphatic carbocycles. The Bertz CT molecular complexity index is 476. The van der Waals surface area contributed by atoms with Gasteiger partial charge < -0.3 is 10.6 Å². The van der Waals surface area contributed by atoms with Gasteiger partial charge in [0.05, 0.1) is 0 Å². The fourth-order valence-electron chi connectivity index (χ4n) is 3.08. The lowest BCUT2D eigenvalue weighted by Crippen LogP contribution is -2.27. The molecule has 1 heterocycles. The maximum absolute atomic E-state index is 13.4. The third kappa shape index (κ3) is 3.69. The maximum Gasteiger partial charge on any atom is 0.124 e. The van der Waals surface area contributed by atoms with Gasteiger partial charge in [0.1, 0.15) is 10.8 Å². The van der Waals surface area contributed by atoms with Gasteiger partial charge in [-0.05, 0) is 43.4 Å². The highest BCUT2D eigenvalue weighted by atomic mass is 32.1. The molecule has 1 atom stereocenters.